The van der Waals surface area contributed by atoms with Gasteiger partial charge in [-0.1, -0.05) is 36.4 Å². The predicted molar refractivity (Wildman–Crippen MR) is 91.5 cm³/mol. The Bertz CT molecular complexity index is 661. The minimum atomic E-state index is -4.46. The van der Waals surface area contributed by atoms with E-state index in [0.717, 1.165) is 11.6 Å². The molecule has 0 radical (unpaired) electrons. The first kappa shape index (κ1) is 21.0. The van der Waals surface area contributed by atoms with E-state index in [2.05, 4.69) is 4.74 Å². The van der Waals surface area contributed by atoms with Crippen LogP contribution in [-0.2, 0) is 25.7 Å². The van der Waals surface area contributed by atoms with E-state index in [0.29, 0.717) is 0 Å². The number of methoxy groups -OCH3 is 1. The molecule has 1 heterocycles. The number of carbonyl (C=O) groups excluding carboxylic acids is 2. The molecule has 0 spiro atoms. The van der Waals surface area contributed by atoms with Crippen molar-refractivity contribution in [2.75, 3.05) is 20.2 Å². The van der Waals surface area contributed by atoms with Crippen molar-refractivity contribution >= 4 is 11.9 Å². The highest BCUT2D eigenvalue weighted by atomic mass is 19.4. The van der Waals surface area contributed by atoms with Crippen LogP contribution < -0.4 is 0 Å². The molecule has 1 aliphatic rings. The van der Waals surface area contributed by atoms with E-state index < -0.39 is 30.1 Å². The highest BCUT2D eigenvalue weighted by Gasteiger charge is 2.47. The molecule has 0 saturated carbocycles. The zero-order valence-electron chi connectivity index (χ0n) is 14.9. The van der Waals surface area contributed by atoms with E-state index in [1.54, 1.807) is 12.1 Å². The van der Waals surface area contributed by atoms with Gasteiger partial charge in [0.25, 0.3) is 0 Å². The second kappa shape index (κ2) is 9.55. The standard InChI is InChI=1S/C19H22F3NO4/c1-26-18(25)15-9-11-23(16(12-15)19(20,21)22)10-5-8-17(24)27-13-14-6-3-2-4-7-14/h2-8,15-16H,9-13H2,1H3/b8-5+/t15?,16-/m0/s1. The fraction of sp³-hybridized carbons (Fsp3) is 0.474. The maximum Gasteiger partial charge on any atom is 0.404 e. The maximum atomic E-state index is 13.3. The number of nitrogens with zero attached hydrogens (tertiary/aromatic N) is 1. The van der Waals surface area contributed by atoms with Crippen molar-refractivity contribution in [1.29, 1.82) is 0 Å². The number of ether oxygens (including phenoxy) is 2. The number of likely N-dealkylation sites (tertiary alicyclic amines) is 1. The lowest BCUT2D eigenvalue weighted by molar-refractivity contribution is -0.196. The largest absolute Gasteiger partial charge is 0.469 e. The van der Waals surface area contributed by atoms with Gasteiger partial charge in [-0.3, -0.25) is 9.69 Å². The highest BCUT2D eigenvalue weighted by molar-refractivity contribution is 5.81. The second-order valence-electron chi connectivity index (χ2n) is 6.29. The summed E-state index contributed by atoms with van der Waals surface area (Å²) in [4.78, 5) is 24.5. The van der Waals surface area contributed by atoms with Crippen LogP contribution in [0.3, 0.4) is 0 Å². The van der Waals surface area contributed by atoms with Gasteiger partial charge in [0.2, 0.25) is 0 Å². The summed E-state index contributed by atoms with van der Waals surface area (Å²) in [5.41, 5.74) is 0.821. The van der Waals surface area contributed by atoms with Gasteiger partial charge in [-0.2, -0.15) is 13.2 Å². The topological polar surface area (TPSA) is 55.8 Å². The summed E-state index contributed by atoms with van der Waals surface area (Å²) in [6.45, 7) is 0.131. The molecule has 0 amide bonds. The van der Waals surface area contributed by atoms with E-state index in [1.807, 2.05) is 18.2 Å². The zero-order valence-corrected chi connectivity index (χ0v) is 14.9. The molecule has 0 aromatic heterocycles. The number of esters is 2. The molecule has 27 heavy (non-hydrogen) atoms. The summed E-state index contributed by atoms with van der Waals surface area (Å²) in [5.74, 6) is -2.01. The molecule has 148 valence electrons. The lowest BCUT2D eigenvalue weighted by atomic mass is 9.90. The smallest absolute Gasteiger partial charge is 0.404 e. The van der Waals surface area contributed by atoms with Crippen molar-refractivity contribution in [3.63, 3.8) is 0 Å². The predicted octanol–water partition coefficient (Wildman–Crippen LogP) is 3.10. The highest BCUT2D eigenvalue weighted by Crippen LogP contribution is 2.34. The first-order chi connectivity index (χ1) is 12.8. The SMILES string of the molecule is COC(=O)C1CCN(C/C=C/C(=O)OCc2ccccc2)[C@H](C(F)(F)F)C1. The summed E-state index contributed by atoms with van der Waals surface area (Å²) < 4.78 is 49.6. The van der Waals surface area contributed by atoms with Crippen molar-refractivity contribution in [3.8, 4) is 0 Å². The molecule has 1 fully saturated rings. The van der Waals surface area contributed by atoms with Crippen LogP contribution in [0.2, 0.25) is 0 Å². The Hall–Kier alpha value is -2.35. The van der Waals surface area contributed by atoms with E-state index in [9.17, 15) is 22.8 Å². The van der Waals surface area contributed by atoms with E-state index in [-0.39, 0.29) is 32.5 Å². The number of hydrogen-bond acceptors (Lipinski definition) is 5. The monoisotopic (exact) mass is 385 g/mol. The number of halogens is 3. The van der Waals surface area contributed by atoms with E-state index in [1.165, 1.54) is 18.1 Å². The van der Waals surface area contributed by atoms with Crippen molar-refractivity contribution in [2.24, 2.45) is 5.92 Å². The third-order valence-electron chi connectivity index (χ3n) is 4.44. The average Bonchev–Trinajstić information content (AvgIpc) is 2.66. The summed E-state index contributed by atoms with van der Waals surface area (Å²) >= 11 is 0. The molecule has 0 bridgehead atoms. The molecule has 0 N–H and O–H groups in total. The van der Waals surface area contributed by atoms with Crippen LogP contribution in [0.5, 0.6) is 0 Å². The van der Waals surface area contributed by atoms with Gasteiger partial charge in [0.05, 0.1) is 13.0 Å². The first-order valence-electron chi connectivity index (χ1n) is 8.57. The third kappa shape index (κ3) is 6.39. The van der Waals surface area contributed by atoms with Crippen LogP contribution >= 0.6 is 0 Å². The number of rotatable bonds is 6. The van der Waals surface area contributed by atoms with Crippen LogP contribution in [0, 0.1) is 5.92 Å². The molecule has 2 atom stereocenters. The van der Waals surface area contributed by atoms with E-state index >= 15 is 0 Å². The van der Waals surface area contributed by atoms with Crippen molar-refractivity contribution in [2.45, 2.75) is 31.7 Å². The number of carbonyl (C=O) groups is 2. The molecular formula is C19H22F3NO4. The van der Waals surface area contributed by atoms with Gasteiger partial charge in [0, 0.05) is 12.6 Å². The van der Waals surface area contributed by atoms with Gasteiger partial charge < -0.3 is 9.47 Å². The average molecular weight is 385 g/mol. The lowest BCUT2D eigenvalue weighted by Crippen LogP contribution is -2.51. The van der Waals surface area contributed by atoms with Crippen LogP contribution in [0.1, 0.15) is 18.4 Å². The Labute approximate surface area is 155 Å². The van der Waals surface area contributed by atoms with Gasteiger partial charge in [-0.15, -0.1) is 0 Å². The quantitative estimate of drug-likeness (QED) is 0.556. The van der Waals surface area contributed by atoms with Gasteiger partial charge >= 0.3 is 18.1 Å². The molecule has 8 heteroatoms. The van der Waals surface area contributed by atoms with Gasteiger partial charge in [0.15, 0.2) is 0 Å². The van der Waals surface area contributed by atoms with Gasteiger partial charge in [0.1, 0.15) is 12.6 Å². The number of alkyl halides is 3. The van der Waals surface area contributed by atoms with Crippen molar-refractivity contribution in [1.82, 2.24) is 4.90 Å². The Morgan fingerprint density at radius 3 is 2.59 bits per heavy atom. The van der Waals surface area contributed by atoms with Crippen LogP contribution in [0.15, 0.2) is 42.5 Å². The number of piperidine rings is 1. The van der Waals surface area contributed by atoms with Crippen molar-refractivity contribution < 1.29 is 32.2 Å². The Kier molecular flexibility index (Phi) is 7.41. The lowest BCUT2D eigenvalue weighted by Gasteiger charge is -2.38. The molecule has 1 unspecified atom stereocenters. The number of benzene rings is 1. The molecule has 1 aromatic rings. The van der Waals surface area contributed by atoms with Gasteiger partial charge in [-0.25, -0.2) is 4.79 Å². The molecule has 1 aromatic carbocycles. The molecule has 2 rings (SSSR count). The molecule has 5 nitrogen and oxygen atoms in total. The Morgan fingerprint density at radius 1 is 1.26 bits per heavy atom. The minimum absolute atomic E-state index is 0.0570. The number of hydrogen-bond donors (Lipinski definition) is 0. The molecule has 1 saturated heterocycles. The second-order valence-corrected chi connectivity index (χ2v) is 6.29. The summed E-state index contributed by atoms with van der Waals surface area (Å²) in [6.07, 6.45) is -2.05. The third-order valence-corrected chi connectivity index (χ3v) is 4.44. The molecular weight excluding hydrogens is 363 g/mol. The minimum Gasteiger partial charge on any atom is -0.469 e. The summed E-state index contributed by atoms with van der Waals surface area (Å²) in [5, 5.41) is 0. The van der Waals surface area contributed by atoms with Gasteiger partial charge in [-0.05, 0) is 24.9 Å². The van der Waals surface area contributed by atoms with Crippen molar-refractivity contribution in [3.05, 3.63) is 48.0 Å². The normalized spacial score (nSPS) is 21.2. The summed E-state index contributed by atoms with van der Waals surface area (Å²) in [6, 6.07) is 7.32. The maximum absolute atomic E-state index is 13.3. The Balaban J connectivity index is 1.87. The molecule has 1 aliphatic heterocycles. The fourth-order valence-electron chi connectivity index (χ4n) is 3.01. The zero-order chi connectivity index (χ0) is 19.9. The van der Waals surface area contributed by atoms with Crippen LogP contribution in [0.4, 0.5) is 13.2 Å². The summed E-state index contributed by atoms with van der Waals surface area (Å²) in [7, 11) is 1.17. The molecule has 0 aliphatic carbocycles. The Morgan fingerprint density at radius 2 is 1.96 bits per heavy atom. The fourth-order valence-corrected chi connectivity index (χ4v) is 3.01. The first-order valence-corrected chi connectivity index (χ1v) is 8.57. The van der Waals surface area contributed by atoms with Crippen LogP contribution in [-0.4, -0.2) is 49.3 Å². The van der Waals surface area contributed by atoms with Crippen LogP contribution in [0.25, 0.3) is 0 Å². The van der Waals surface area contributed by atoms with E-state index in [4.69, 9.17) is 4.74 Å².